The smallest absolute Gasteiger partial charge is 0.247 e. The van der Waals surface area contributed by atoms with Crippen LogP contribution < -0.4 is 10.5 Å². The average Bonchev–Trinajstić information content (AvgIpc) is 2.75. The maximum atomic E-state index is 11.7. The first-order valence-corrected chi connectivity index (χ1v) is 8.06. The summed E-state index contributed by atoms with van der Waals surface area (Å²) in [6, 6.07) is 3.01. The van der Waals surface area contributed by atoms with Crippen molar-refractivity contribution >= 4 is 27.3 Å². The number of thiophene rings is 1. The van der Waals surface area contributed by atoms with Gasteiger partial charge in [-0.05, 0) is 18.1 Å². The molecule has 0 aliphatic rings. The molecule has 0 aliphatic heterocycles. The Hall–Kier alpha value is -0.960. The lowest BCUT2D eigenvalue weighted by atomic mass is 10.2. The second-order valence-electron chi connectivity index (χ2n) is 4.31. The lowest BCUT2D eigenvalue weighted by Gasteiger charge is -2.10. The topological polar surface area (TPSA) is 98.5 Å². The highest BCUT2D eigenvalue weighted by Crippen LogP contribution is 2.20. The number of primary sulfonamides is 1. The second kappa shape index (κ2) is 6.99. The third-order valence-electron chi connectivity index (χ3n) is 2.35. The third-order valence-corrected chi connectivity index (χ3v) is 4.87. The summed E-state index contributed by atoms with van der Waals surface area (Å²) in [5, 5.41) is 7.77. The van der Waals surface area contributed by atoms with E-state index in [-0.39, 0.29) is 22.5 Å². The highest BCUT2D eigenvalue weighted by atomic mass is 32.2. The van der Waals surface area contributed by atoms with E-state index >= 15 is 0 Å². The van der Waals surface area contributed by atoms with Crippen molar-refractivity contribution in [2.45, 2.75) is 17.6 Å². The Labute approximate surface area is 117 Å². The molecule has 0 bridgehead atoms. The molecule has 3 N–H and O–H groups in total. The number of nitrogens with two attached hydrogens (primary N) is 1. The Kier molecular flexibility index (Phi) is 5.92. The van der Waals surface area contributed by atoms with Crippen LogP contribution in [0.3, 0.4) is 0 Å². The van der Waals surface area contributed by atoms with Gasteiger partial charge in [-0.25, -0.2) is 13.6 Å². The van der Waals surface area contributed by atoms with Gasteiger partial charge >= 0.3 is 0 Å². The van der Waals surface area contributed by atoms with Gasteiger partial charge < -0.3 is 10.1 Å². The number of hydrogen-bond acceptors (Lipinski definition) is 5. The summed E-state index contributed by atoms with van der Waals surface area (Å²) >= 11 is 1.01. The number of ether oxygens (including phenoxy) is 1. The highest BCUT2D eigenvalue weighted by Gasteiger charge is 2.13. The first-order chi connectivity index (χ1) is 8.82. The van der Waals surface area contributed by atoms with E-state index in [0.717, 1.165) is 11.3 Å². The molecule has 1 heterocycles. The number of carbonyl (C=O) groups is 1. The predicted molar refractivity (Wildman–Crippen MR) is 73.4 cm³/mol. The van der Waals surface area contributed by atoms with E-state index in [2.05, 4.69) is 5.32 Å². The lowest BCUT2D eigenvalue weighted by Crippen LogP contribution is -2.30. The summed E-state index contributed by atoms with van der Waals surface area (Å²) in [4.78, 5) is 12.3. The molecule has 0 fully saturated rings. The molecule has 0 radical (unpaired) electrons. The molecule has 0 spiro atoms. The molecule has 1 aromatic rings. The zero-order valence-electron chi connectivity index (χ0n) is 10.9. The van der Waals surface area contributed by atoms with Gasteiger partial charge in [0, 0.05) is 18.5 Å². The fraction of sp³-hybridized carbons (Fsp3) is 0.545. The van der Waals surface area contributed by atoms with E-state index < -0.39 is 10.0 Å². The summed E-state index contributed by atoms with van der Waals surface area (Å²) in [6.07, 6.45) is 0.153. The van der Waals surface area contributed by atoms with Crippen molar-refractivity contribution in [3.63, 3.8) is 0 Å². The molecule has 0 aliphatic carbocycles. The van der Waals surface area contributed by atoms with Crippen LogP contribution in [0.4, 0.5) is 0 Å². The van der Waals surface area contributed by atoms with Crippen LogP contribution in [-0.2, 0) is 26.0 Å². The van der Waals surface area contributed by atoms with Gasteiger partial charge in [0.05, 0.1) is 13.0 Å². The maximum Gasteiger partial charge on any atom is 0.247 e. The van der Waals surface area contributed by atoms with Crippen molar-refractivity contribution in [1.82, 2.24) is 5.32 Å². The number of nitrogens with one attached hydrogen (secondary N) is 1. The van der Waals surface area contributed by atoms with Crippen LogP contribution in [0, 0.1) is 5.92 Å². The summed E-state index contributed by atoms with van der Waals surface area (Å²) in [7, 11) is -2.07. The van der Waals surface area contributed by atoms with Crippen LogP contribution in [0.25, 0.3) is 0 Å². The van der Waals surface area contributed by atoms with Crippen molar-refractivity contribution in [2.24, 2.45) is 11.1 Å². The van der Waals surface area contributed by atoms with Gasteiger partial charge in [-0.2, -0.15) is 0 Å². The van der Waals surface area contributed by atoms with Crippen LogP contribution in [0.2, 0.25) is 0 Å². The summed E-state index contributed by atoms with van der Waals surface area (Å²) in [6.45, 7) is 3.07. The Morgan fingerprint density at radius 1 is 1.53 bits per heavy atom. The quantitative estimate of drug-likeness (QED) is 0.758. The second-order valence-corrected chi connectivity index (χ2v) is 7.26. The molecule has 0 aromatic carbocycles. The van der Waals surface area contributed by atoms with Gasteiger partial charge in [-0.15, -0.1) is 11.3 Å². The minimum Gasteiger partial charge on any atom is -0.384 e. The Morgan fingerprint density at radius 2 is 2.21 bits per heavy atom. The fourth-order valence-corrected chi connectivity index (χ4v) is 3.24. The minimum absolute atomic E-state index is 0.0723. The van der Waals surface area contributed by atoms with E-state index in [1.165, 1.54) is 6.07 Å². The Morgan fingerprint density at radius 3 is 2.74 bits per heavy atom. The first kappa shape index (κ1) is 16.1. The summed E-state index contributed by atoms with van der Waals surface area (Å²) < 4.78 is 27.2. The molecule has 1 rings (SSSR count). The van der Waals surface area contributed by atoms with E-state index in [1.54, 1.807) is 13.2 Å². The first-order valence-electron chi connectivity index (χ1n) is 5.70. The molecule has 1 amide bonds. The number of hydrogen-bond donors (Lipinski definition) is 2. The molecule has 0 saturated heterocycles. The van der Waals surface area contributed by atoms with Crippen LogP contribution in [0.5, 0.6) is 0 Å². The van der Waals surface area contributed by atoms with Crippen molar-refractivity contribution in [3.8, 4) is 0 Å². The van der Waals surface area contributed by atoms with E-state index in [4.69, 9.17) is 9.88 Å². The lowest BCUT2D eigenvalue weighted by molar-refractivity contribution is -0.120. The van der Waals surface area contributed by atoms with Crippen molar-refractivity contribution in [3.05, 3.63) is 17.0 Å². The van der Waals surface area contributed by atoms with Crippen LogP contribution in [0.1, 0.15) is 11.8 Å². The highest BCUT2D eigenvalue weighted by molar-refractivity contribution is 7.91. The molecule has 8 heteroatoms. The van der Waals surface area contributed by atoms with Crippen LogP contribution >= 0.6 is 11.3 Å². The SMILES string of the molecule is COCC(C)CNC(=O)Cc1ccc(S(N)(=O)=O)s1. The molecule has 1 unspecified atom stereocenters. The summed E-state index contributed by atoms with van der Waals surface area (Å²) in [5.41, 5.74) is 0. The van der Waals surface area contributed by atoms with E-state index in [0.29, 0.717) is 18.0 Å². The number of methoxy groups -OCH3 is 1. The van der Waals surface area contributed by atoms with Crippen LogP contribution in [-0.4, -0.2) is 34.6 Å². The third kappa shape index (κ3) is 5.68. The van der Waals surface area contributed by atoms with Gasteiger partial charge in [0.1, 0.15) is 4.21 Å². The number of rotatable bonds is 7. The number of carbonyl (C=O) groups excluding carboxylic acids is 1. The monoisotopic (exact) mass is 306 g/mol. The maximum absolute atomic E-state index is 11.7. The van der Waals surface area contributed by atoms with Gasteiger partial charge in [0.2, 0.25) is 15.9 Å². The zero-order chi connectivity index (χ0) is 14.5. The standard InChI is InChI=1S/C11H18N2O4S2/c1-8(7-17-2)6-13-10(14)5-9-3-4-11(18-9)19(12,15)16/h3-4,8H,5-7H2,1-2H3,(H,13,14)(H2,12,15,16). The van der Waals surface area contributed by atoms with Gasteiger partial charge in [0.15, 0.2) is 0 Å². The summed E-state index contributed by atoms with van der Waals surface area (Å²) in [5.74, 6) is 0.0861. The van der Waals surface area contributed by atoms with Crippen LogP contribution in [0.15, 0.2) is 16.3 Å². The van der Waals surface area contributed by atoms with Gasteiger partial charge in [-0.1, -0.05) is 6.92 Å². The Balaban J connectivity index is 2.47. The van der Waals surface area contributed by atoms with Gasteiger partial charge in [-0.3, -0.25) is 4.79 Å². The normalized spacial score (nSPS) is 13.2. The zero-order valence-corrected chi connectivity index (χ0v) is 12.5. The van der Waals surface area contributed by atoms with Crippen molar-refractivity contribution in [2.75, 3.05) is 20.3 Å². The fourth-order valence-electron chi connectivity index (χ4n) is 1.46. The molecular weight excluding hydrogens is 288 g/mol. The largest absolute Gasteiger partial charge is 0.384 e. The number of amides is 1. The molecule has 19 heavy (non-hydrogen) atoms. The molecular formula is C11H18N2O4S2. The van der Waals surface area contributed by atoms with Crippen molar-refractivity contribution < 1.29 is 17.9 Å². The van der Waals surface area contributed by atoms with E-state index in [9.17, 15) is 13.2 Å². The molecule has 1 atom stereocenters. The predicted octanol–water partition coefficient (Wildman–Crippen LogP) is 0.337. The van der Waals surface area contributed by atoms with E-state index in [1.807, 2.05) is 6.92 Å². The number of sulfonamides is 1. The average molecular weight is 306 g/mol. The molecule has 1 aromatic heterocycles. The minimum atomic E-state index is -3.68. The Bertz CT molecular complexity index is 525. The van der Waals surface area contributed by atoms with Crippen molar-refractivity contribution in [1.29, 1.82) is 0 Å². The molecule has 108 valence electrons. The van der Waals surface area contributed by atoms with Gasteiger partial charge in [0.25, 0.3) is 0 Å². The molecule has 0 saturated carbocycles. The molecule has 6 nitrogen and oxygen atoms in total.